The van der Waals surface area contributed by atoms with Crippen LogP contribution in [-0.4, -0.2) is 29.3 Å². The number of aromatic nitrogens is 6. The lowest BCUT2D eigenvalue weighted by Crippen LogP contribution is -2.01. The highest BCUT2D eigenvalue weighted by Crippen LogP contribution is 2.42. The lowest BCUT2D eigenvalue weighted by Gasteiger charge is -2.14. The molecule has 13 aromatic rings. The molecule has 0 spiro atoms. The standard InChI is InChI=1S/C60H38N6O/c1-5-19-39(20-6-1)43-35-51(41-23-9-3-10-24-41)61-55(37-43)65-53-33-15-13-27-45(53)47-29-17-31-49(57(47)65)59-63-64-60(67-59)50-32-18-30-48-46-28-14-16-34-54(46)66(58(48)50)56-38-44(40-21-7-2-8-22-40)36-52(62-56)42-25-11-4-12-26-42/h1-38H. The average Bonchev–Trinajstić information content (AvgIpc) is 4.13. The lowest BCUT2D eigenvalue weighted by atomic mass is 10.0. The van der Waals surface area contributed by atoms with E-state index in [0.717, 1.165) is 111 Å². The quantitative estimate of drug-likeness (QED) is 0.152. The van der Waals surface area contributed by atoms with Crippen molar-refractivity contribution in [2.45, 2.75) is 0 Å². The zero-order valence-corrected chi connectivity index (χ0v) is 36.0. The predicted octanol–water partition coefficient (Wildman–Crippen LogP) is 15.1. The maximum atomic E-state index is 6.93. The van der Waals surface area contributed by atoms with E-state index in [2.05, 4.69) is 215 Å². The molecule has 314 valence electrons. The molecule has 7 nitrogen and oxygen atoms in total. The van der Waals surface area contributed by atoms with Gasteiger partial charge in [-0.2, -0.15) is 0 Å². The molecule has 0 unspecified atom stereocenters. The van der Waals surface area contributed by atoms with Crippen molar-refractivity contribution in [1.82, 2.24) is 29.3 Å². The second-order valence-corrected chi connectivity index (χ2v) is 16.7. The Morgan fingerprint density at radius 2 is 0.657 bits per heavy atom. The molecular formula is C60H38N6O. The van der Waals surface area contributed by atoms with Gasteiger partial charge >= 0.3 is 0 Å². The number of hydrogen-bond acceptors (Lipinski definition) is 5. The van der Waals surface area contributed by atoms with Crippen LogP contribution in [0.25, 0.3) is 123 Å². The maximum absolute atomic E-state index is 6.93. The zero-order chi connectivity index (χ0) is 44.3. The molecule has 0 saturated heterocycles. The van der Waals surface area contributed by atoms with Crippen molar-refractivity contribution in [1.29, 1.82) is 0 Å². The van der Waals surface area contributed by atoms with E-state index in [1.54, 1.807) is 0 Å². The Kier molecular flexibility index (Phi) is 9.03. The molecule has 0 atom stereocenters. The SMILES string of the molecule is c1ccc(-c2cc(-c3ccccc3)nc(-n3c4ccccc4c4cccc(-c5nnc(-c6cccc7c8ccccc8n(-c8cc(-c9ccccc9)cc(-c9ccccc9)n8)c67)o5)c43)c2)cc1. The van der Waals surface area contributed by atoms with Crippen LogP contribution in [0.1, 0.15) is 0 Å². The van der Waals surface area contributed by atoms with Crippen molar-refractivity contribution in [3.63, 3.8) is 0 Å². The molecule has 0 saturated carbocycles. The van der Waals surface area contributed by atoms with Crippen LogP contribution in [0, 0.1) is 0 Å². The minimum Gasteiger partial charge on any atom is -0.416 e. The van der Waals surface area contributed by atoms with Gasteiger partial charge in [-0.1, -0.05) is 182 Å². The van der Waals surface area contributed by atoms with Gasteiger partial charge in [0.05, 0.1) is 44.6 Å². The van der Waals surface area contributed by atoms with Gasteiger partial charge in [0.2, 0.25) is 11.8 Å². The Labute approximate surface area is 385 Å². The van der Waals surface area contributed by atoms with Crippen molar-refractivity contribution in [2.75, 3.05) is 0 Å². The fourth-order valence-electron chi connectivity index (χ4n) is 9.67. The van der Waals surface area contributed by atoms with E-state index in [4.69, 9.17) is 24.6 Å². The molecule has 0 radical (unpaired) electrons. The molecule has 13 rings (SSSR count). The smallest absolute Gasteiger partial charge is 0.250 e. The number of benzene rings is 8. The lowest BCUT2D eigenvalue weighted by molar-refractivity contribution is 0.585. The summed E-state index contributed by atoms with van der Waals surface area (Å²) in [5.41, 5.74) is 13.7. The van der Waals surface area contributed by atoms with Crippen LogP contribution in [0.15, 0.2) is 235 Å². The molecule has 7 heteroatoms. The second-order valence-electron chi connectivity index (χ2n) is 16.7. The van der Waals surface area contributed by atoms with Crippen molar-refractivity contribution < 1.29 is 4.42 Å². The van der Waals surface area contributed by atoms with Crippen LogP contribution in [-0.2, 0) is 0 Å². The van der Waals surface area contributed by atoms with E-state index >= 15 is 0 Å². The molecule has 0 aliphatic heterocycles. The number of rotatable bonds is 8. The molecule has 0 aliphatic carbocycles. The zero-order valence-electron chi connectivity index (χ0n) is 36.0. The maximum Gasteiger partial charge on any atom is 0.250 e. The van der Waals surface area contributed by atoms with E-state index in [9.17, 15) is 0 Å². The third-order valence-corrected chi connectivity index (χ3v) is 12.7. The highest BCUT2D eigenvalue weighted by Gasteiger charge is 2.25. The third-order valence-electron chi connectivity index (χ3n) is 12.7. The molecular weight excluding hydrogens is 821 g/mol. The Balaban J connectivity index is 1.02. The van der Waals surface area contributed by atoms with Gasteiger partial charge in [0.25, 0.3) is 0 Å². The molecule has 8 aromatic carbocycles. The highest BCUT2D eigenvalue weighted by atomic mass is 16.4. The van der Waals surface area contributed by atoms with Crippen LogP contribution >= 0.6 is 0 Å². The van der Waals surface area contributed by atoms with Gasteiger partial charge in [-0.3, -0.25) is 9.13 Å². The molecule has 0 fully saturated rings. The van der Waals surface area contributed by atoms with E-state index in [1.165, 1.54) is 0 Å². The highest BCUT2D eigenvalue weighted by molar-refractivity contribution is 6.14. The summed E-state index contributed by atoms with van der Waals surface area (Å²) < 4.78 is 11.4. The summed E-state index contributed by atoms with van der Waals surface area (Å²) in [6.45, 7) is 0. The third kappa shape index (κ3) is 6.52. The number of hydrogen-bond donors (Lipinski definition) is 0. The van der Waals surface area contributed by atoms with E-state index in [0.29, 0.717) is 11.8 Å². The van der Waals surface area contributed by atoms with Gasteiger partial charge in [-0.25, -0.2) is 9.97 Å². The minimum atomic E-state index is 0.405. The number of fused-ring (bicyclic) bond motifs is 6. The van der Waals surface area contributed by atoms with Gasteiger partial charge in [-0.15, -0.1) is 10.2 Å². The predicted molar refractivity (Wildman–Crippen MR) is 271 cm³/mol. The Morgan fingerprint density at radius 1 is 0.299 bits per heavy atom. The molecule has 0 amide bonds. The summed E-state index contributed by atoms with van der Waals surface area (Å²) in [4.78, 5) is 10.8. The minimum absolute atomic E-state index is 0.405. The van der Waals surface area contributed by atoms with Crippen molar-refractivity contribution in [3.05, 3.63) is 231 Å². The first-order valence-corrected chi connectivity index (χ1v) is 22.4. The first kappa shape index (κ1) is 38.3. The number of pyridine rings is 2. The van der Waals surface area contributed by atoms with Crippen molar-refractivity contribution in [3.8, 4) is 79.3 Å². The van der Waals surface area contributed by atoms with E-state index < -0.39 is 0 Å². The Bertz CT molecular complexity index is 3590. The number of nitrogens with zero attached hydrogens (tertiary/aromatic N) is 6. The summed E-state index contributed by atoms with van der Waals surface area (Å²) in [6.07, 6.45) is 0. The van der Waals surface area contributed by atoms with Crippen LogP contribution in [0.3, 0.4) is 0 Å². The normalized spacial score (nSPS) is 11.6. The molecule has 5 heterocycles. The molecule has 67 heavy (non-hydrogen) atoms. The van der Waals surface area contributed by atoms with Crippen LogP contribution in [0.5, 0.6) is 0 Å². The Hall–Kier alpha value is -9.20. The summed E-state index contributed by atoms with van der Waals surface area (Å²) >= 11 is 0. The fourth-order valence-corrected chi connectivity index (χ4v) is 9.67. The fraction of sp³-hybridized carbons (Fsp3) is 0. The molecule has 0 N–H and O–H groups in total. The van der Waals surface area contributed by atoms with Crippen LogP contribution in [0.2, 0.25) is 0 Å². The monoisotopic (exact) mass is 858 g/mol. The largest absolute Gasteiger partial charge is 0.416 e. The van der Waals surface area contributed by atoms with Gasteiger partial charge in [-0.05, 0) is 70.8 Å². The summed E-state index contributed by atoms with van der Waals surface area (Å²) in [5.74, 6) is 2.38. The Morgan fingerprint density at radius 3 is 1.07 bits per heavy atom. The van der Waals surface area contributed by atoms with Gasteiger partial charge in [0.1, 0.15) is 11.6 Å². The topological polar surface area (TPSA) is 74.6 Å². The molecule has 0 bridgehead atoms. The average molecular weight is 859 g/mol. The summed E-state index contributed by atoms with van der Waals surface area (Å²) in [5, 5.41) is 14.0. The summed E-state index contributed by atoms with van der Waals surface area (Å²) in [7, 11) is 0. The summed E-state index contributed by atoms with van der Waals surface area (Å²) in [6, 6.07) is 79.9. The first-order valence-electron chi connectivity index (χ1n) is 22.4. The number of para-hydroxylation sites is 4. The van der Waals surface area contributed by atoms with Gasteiger partial charge in [0.15, 0.2) is 0 Å². The molecule has 0 aliphatic rings. The van der Waals surface area contributed by atoms with Gasteiger partial charge < -0.3 is 4.42 Å². The second kappa shape index (κ2) is 15.8. The van der Waals surface area contributed by atoms with Gasteiger partial charge in [0, 0.05) is 32.7 Å². The van der Waals surface area contributed by atoms with E-state index in [1.807, 2.05) is 24.3 Å². The van der Waals surface area contributed by atoms with Crippen LogP contribution in [0.4, 0.5) is 0 Å². The van der Waals surface area contributed by atoms with E-state index in [-0.39, 0.29) is 0 Å². The molecule has 5 aromatic heterocycles. The van der Waals surface area contributed by atoms with Crippen molar-refractivity contribution >= 4 is 43.6 Å². The van der Waals surface area contributed by atoms with Crippen LogP contribution < -0.4 is 0 Å². The van der Waals surface area contributed by atoms with Crippen molar-refractivity contribution in [2.24, 2.45) is 0 Å². The first-order chi connectivity index (χ1) is 33.2.